The molecule has 0 bridgehead atoms. The molecule has 0 radical (unpaired) electrons. The number of ether oxygens (including phenoxy) is 1. The lowest BCUT2D eigenvalue weighted by atomic mass is 10.2. The van der Waals surface area contributed by atoms with Gasteiger partial charge in [-0.15, -0.1) is 0 Å². The van der Waals surface area contributed by atoms with Gasteiger partial charge >= 0.3 is 5.97 Å². The van der Waals surface area contributed by atoms with E-state index in [1.165, 1.54) is 0 Å². The lowest BCUT2D eigenvalue weighted by Gasteiger charge is -2.11. The lowest BCUT2D eigenvalue weighted by molar-refractivity contribution is -0.136. The van der Waals surface area contributed by atoms with E-state index in [2.05, 4.69) is 21.2 Å². The smallest absolute Gasteiger partial charge is 0.317 e. The number of benzene rings is 1. The van der Waals surface area contributed by atoms with Crippen LogP contribution in [0.25, 0.3) is 0 Å². The highest BCUT2D eigenvalue weighted by Crippen LogP contribution is 2.23. The van der Waals surface area contributed by atoms with Gasteiger partial charge in [-0.25, -0.2) is 0 Å². The number of aliphatic carboxylic acids is 1. The summed E-state index contributed by atoms with van der Waals surface area (Å²) >= 11 is 3.39. The summed E-state index contributed by atoms with van der Waals surface area (Å²) in [7, 11) is 0. The molecule has 0 unspecified atom stereocenters. The quantitative estimate of drug-likeness (QED) is 0.812. The maximum absolute atomic E-state index is 10.4. The summed E-state index contributed by atoms with van der Waals surface area (Å²) in [6.07, 6.45) is 0.943. The Morgan fingerprint density at radius 3 is 2.94 bits per heavy atom. The van der Waals surface area contributed by atoms with Crippen LogP contribution in [0.4, 0.5) is 0 Å². The summed E-state index contributed by atoms with van der Waals surface area (Å²) < 4.78 is 6.54. The van der Waals surface area contributed by atoms with Gasteiger partial charge in [0.25, 0.3) is 0 Å². The summed E-state index contributed by atoms with van der Waals surface area (Å²) in [6.45, 7) is 3.12. The Bertz CT molecular complexity index is 382. The highest BCUT2D eigenvalue weighted by molar-refractivity contribution is 9.10. The summed E-state index contributed by atoms with van der Waals surface area (Å²) in [5.74, 6) is -0.0658. The topological polar surface area (TPSA) is 58.6 Å². The van der Waals surface area contributed by atoms with E-state index in [4.69, 9.17) is 9.84 Å². The van der Waals surface area contributed by atoms with Crippen molar-refractivity contribution in [2.45, 2.75) is 19.9 Å². The molecule has 0 spiro atoms. The highest BCUT2D eigenvalue weighted by atomic mass is 79.9. The second-order valence-electron chi connectivity index (χ2n) is 3.60. The maximum atomic E-state index is 10.4. The molecule has 0 aliphatic heterocycles. The predicted octanol–water partition coefficient (Wildman–Crippen LogP) is 2.41. The van der Waals surface area contributed by atoms with E-state index in [0.717, 1.165) is 22.2 Å². The van der Waals surface area contributed by atoms with Crippen molar-refractivity contribution in [3.05, 3.63) is 28.2 Å². The van der Waals surface area contributed by atoms with Gasteiger partial charge in [-0.3, -0.25) is 4.79 Å². The number of rotatable bonds is 7. The minimum Gasteiger partial charge on any atom is -0.493 e. The largest absolute Gasteiger partial charge is 0.493 e. The van der Waals surface area contributed by atoms with Crippen molar-refractivity contribution in [2.75, 3.05) is 13.2 Å². The molecular weight excluding hydrogens is 286 g/mol. The minimum absolute atomic E-state index is 0.0558. The van der Waals surface area contributed by atoms with Gasteiger partial charge in [-0.05, 0) is 24.6 Å². The minimum atomic E-state index is -0.865. The van der Waals surface area contributed by atoms with Crippen molar-refractivity contribution in [1.82, 2.24) is 5.32 Å². The molecule has 0 amide bonds. The monoisotopic (exact) mass is 301 g/mol. The fourth-order valence-electron chi connectivity index (χ4n) is 1.34. The van der Waals surface area contributed by atoms with Crippen LogP contribution in [0.1, 0.15) is 18.9 Å². The Morgan fingerprint density at radius 1 is 1.53 bits per heavy atom. The third-order valence-electron chi connectivity index (χ3n) is 2.08. The number of hydrogen-bond donors (Lipinski definition) is 2. The SMILES string of the molecule is CCCOc1ccc(Br)cc1CNCC(=O)O. The molecule has 0 fully saturated rings. The van der Waals surface area contributed by atoms with E-state index in [1.807, 2.05) is 25.1 Å². The van der Waals surface area contributed by atoms with Gasteiger partial charge in [-0.1, -0.05) is 22.9 Å². The molecule has 1 rings (SSSR count). The zero-order valence-corrected chi connectivity index (χ0v) is 11.3. The molecule has 0 saturated carbocycles. The zero-order valence-electron chi connectivity index (χ0n) is 9.70. The molecule has 0 heterocycles. The molecule has 0 atom stereocenters. The number of nitrogens with one attached hydrogen (secondary N) is 1. The van der Waals surface area contributed by atoms with E-state index in [-0.39, 0.29) is 6.54 Å². The van der Waals surface area contributed by atoms with Crippen LogP contribution in [-0.2, 0) is 11.3 Å². The standard InChI is InChI=1S/C12H16BrNO3/c1-2-5-17-11-4-3-10(13)6-9(11)7-14-8-12(15)16/h3-4,6,14H,2,5,7-8H2,1H3,(H,15,16). The van der Waals surface area contributed by atoms with Gasteiger partial charge in [0.15, 0.2) is 0 Å². The summed E-state index contributed by atoms with van der Waals surface area (Å²) in [5.41, 5.74) is 0.953. The molecule has 1 aromatic rings. The van der Waals surface area contributed by atoms with Crippen LogP contribution in [0.5, 0.6) is 5.75 Å². The van der Waals surface area contributed by atoms with E-state index < -0.39 is 5.97 Å². The third kappa shape index (κ3) is 5.19. The molecular formula is C12H16BrNO3. The van der Waals surface area contributed by atoms with Crippen LogP contribution in [0.15, 0.2) is 22.7 Å². The van der Waals surface area contributed by atoms with Gasteiger partial charge < -0.3 is 15.2 Å². The van der Waals surface area contributed by atoms with Gasteiger partial charge in [-0.2, -0.15) is 0 Å². The van der Waals surface area contributed by atoms with Crippen LogP contribution in [0.3, 0.4) is 0 Å². The zero-order chi connectivity index (χ0) is 12.7. The molecule has 0 aliphatic carbocycles. The first kappa shape index (κ1) is 14.0. The van der Waals surface area contributed by atoms with Gasteiger partial charge in [0.05, 0.1) is 13.2 Å². The van der Waals surface area contributed by atoms with Crippen LogP contribution in [0, 0.1) is 0 Å². The first-order valence-corrected chi connectivity index (χ1v) is 6.26. The number of carboxylic acid groups (broad SMARTS) is 1. The number of carbonyl (C=O) groups is 1. The van der Waals surface area contributed by atoms with Crippen LogP contribution < -0.4 is 10.1 Å². The molecule has 5 heteroatoms. The average molecular weight is 302 g/mol. The first-order valence-electron chi connectivity index (χ1n) is 5.47. The van der Waals surface area contributed by atoms with Crippen molar-refractivity contribution < 1.29 is 14.6 Å². The van der Waals surface area contributed by atoms with E-state index in [1.54, 1.807) is 0 Å². The molecule has 0 saturated heterocycles. The Balaban J connectivity index is 2.65. The van der Waals surface area contributed by atoms with Gasteiger partial charge in [0.2, 0.25) is 0 Å². The average Bonchev–Trinajstić information content (AvgIpc) is 2.27. The molecule has 2 N–H and O–H groups in total. The molecule has 17 heavy (non-hydrogen) atoms. The van der Waals surface area contributed by atoms with E-state index >= 15 is 0 Å². The lowest BCUT2D eigenvalue weighted by Crippen LogP contribution is -2.22. The molecule has 0 aliphatic rings. The van der Waals surface area contributed by atoms with Gasteiger partial charge in [0.1, 0.15) is 5.75 Å². The second-order valence-corrected chi connectivity index (χ2v) is 4.51. The maximum Gasteiger partial charge on any atom is 0.317 e. The van der Waals surface area contributed by atoms with Crippen LogP contribution in [-0.4, -0.2) is 24.2 Å². The molecule has 1 aromatic carbocycles. The van der Waals surface area contributed by atoms with Crippen LogP contribution in [0.2, 0.25) is 0 Å². The number of halogens is 1. The molecule has 0 aromatic heterocycles. The molecule has 94 valence electrons. The first-order chi connectivity index (χ1) is 8.13. The highest BCUT2D eigenvalue weighted by Gasteiger charge is 2.05. The Labute approximate surface area is 109 Å². The normalized spacial score (nSPS) is 10.2. The summed E-state index contributed by atoms with van der Waals surface area (Å²) in [5, 5.41) is 11.4. The molecule has 4 nitrogen and oxygen atoms in total. The van der Waals surface area contributed by atoms with Crippen molar-refractivity contribution in [3.8, 4) is 5.75 Å². The number of hydrogen-bond acceptors (Lipinski definition) is 3. The predicted molar refractivity (Wildman–Crippen MR) is 69.3 cm³/mol. The Hall–Kier alpha value is -1.07. The fourth-order valence-corrected chi connectivity index (χ4v) is 1.75. The third-order valence-corrected chi connectivity index (χ3v) is 2.57. The van der Waals surface area contributed by atoms with Crippen molar-refractivity contribution in [1.29, 1.82) is 0 Å². The number of carboxylic acids is 1. The van der Waals surface area contributed by atoms with Gasteiger partial charge in [0, 0.05) is 16.6 Å². The Kier molecular flexibility index (Phi) is 6.00. The Morgan fingerprint density at radius 2 is 2.29 bits per heavy atom. The van der Waals surface area contributed by atoms with Crippen molar-refractivity contribution >= 4 is 21.9 Å². The summed E-state index contributed by atoms with van der Waals surface area (Å²) in [6, 6.07) is 5.73. The van der Waals surface area contributed by atoms with E-state index in [0.29, 0.717) is 13.2 Å². The van der Waals surface area contributed by atoms with Crippen LogP contribution >= 0.6 is 15.9 Å². The summed E-state index contributed by atoms with van der Waals surface area (Å²) in [4.78, 5) is 10.4. The second kappa shape index (κ2) is 7.29. The van der Waals surface area contributed by atoms with Crippen molar-refractivity contribution in [3.63, 3.8) is 0 Å². The van der Waals surface area contributed by atoms with Crippen molar-refractivity contribution in [2.24, 2.45) is 0 Å². The fraction of sp³-hybridized carbons (Fsp3) is 0.417. The van der Waals surface area contributed by atoms with E-state index in [9.17, 15) is 4.79 Å².